The van der Waals surface area contributed by atoms with Crippen LogP contribution in [0.25, 0.3) is 0 Å². The molecule has 1 saturated carbocycles. The van der Waals surface area contributed by atoms with Gasteiger partial charge in [0.2, 0.25) is 5.91 Å². The zero-order valence-electron chi connectivity index (χ0n) is 13.4. The Labute approximate surface area is 128 Å². The van der Waals surface area contributed by atoms with Crippen LogP contribution in [-0.2, 0) is 9.53 Å². The molecule has 1 N–H and O–H groups in total. The summed E-state index contributed by atoms with van der Waals surface area (Å²) in [5.41, 5.74) is 0. The van der Waals surface area contributed by atoms with Crippen LogP contribution in [0.15, 0.2) is 0 Å². The predicted molar refractivity (Wildman–Crippen MR) is 83.0 cm³/mol. The Morgan fingerprint density at radius 2 is 2.19 bits per heavy atom. The molecule has 1 amide bonds. The lowest BCUT2D eigenvalue weighted by Crippen LogP contribution is -2.40. The summed E-state index contributed by atoms with van der Waals surface area (Å²) in [6.45, 7) is 7.15. The fourth-order valence-electron chi connectivity index (χ4n) is 3.77. The van der Waals surface area contributed by atoms with Crippen LogP contribution in [0.5, 0.6) is 0 Å². The Bertz CT molecular complexity index is 345. The zero-order valence-corrected chi connectivity index (χ0v) is 13.4. The second-order valence-electron chi connectivity index (χ2n) is 7.29. The quantitative estimate of drug-likeness (QED) is 0.815. The molecule has 3 atom stereocenters. The van der Waals surface area contributed by atoms with Crippen LogP contribution in [0.4, 0.5) is 0 Å². The number of carbonyl (C=O) groups excluding carboxylic acids is 1. The molecule has 0 aromatic heterocycles. The van der Waals surface area contributed by atoms with Crippen molar-refractivity contribution < 1.29 is 9.53 Å². The van der Waals surface area contributed by atoms with Gasteiger partial charge in [-0.2, -0.15) is 0 Å². The van der Waals surface area contributed by atoms with E-state index in [9.17, 15) is 4.79 Å². The highest BCUT2D eigenvalue weighted by molar-refractivity contribution is 5.77. The molecule has 3 aliphatic rings. The van der Waals surface area contributed by atoms with Crippen LogP contribution in [0, 0.1) is 17.8 Å². The summed E-state index contributed by atoms with van der Waals surface area (Å²) in [5.74, 6) is 2.15. The number of piperidine rings is 1. The first-order valence-corrected chi connectivity index (χ1v) is 8.82. The number of hydrogen-bond donors (Lipinski definition) is 1. The summed E-state index contributed by atoms with van der Waals surface area (Å²) in [7, 11) is 0. The molecule has 4 heteroatoms. The van der Waals surface area contributed by atoms with Crippen LogP contribution in [0.3, 0.4) is 0 Å². The van der Waals surface area contributed by atoms with Crippen LogP contribution in [0.1, 0.15) is 45.4 Å². The van der Waals surface area contributed by atoms with Gasteiger partial charge in [0.1, 0.15) is 0 Å². The van der Waals surface area contributed by atoms with Crippen molar-refractivity contribution in [2.75, 3.05) is 32.8 Å². The minimum atomic E-state index is 0.391. The van der Waals surface area contributed by atoms with Crippen molar-refractivity contribution in [1.29, 1.82) is 0 Å². The van der Waals surface area contributed by atoms with E-state index in [-0.39, 0.29) is 0 Å². The summed E-state index contributed by atoms with van der Waals surface area (Å²) in [6, 6.07) is 0.537. The molecule has 3 rings (SSSR count). The fourth-order valence-corrected chi connectivity index (χ4v) is 3.77. The standard InChI is InChI=1S/C17H30N2O2/c1-13(15-3-2-7-18-10-15)9-17(20)19(16-4-5-16)11-14-6-8-21-12-14/h13-16,18H,2-12H2,1H3. The molecule has 3 unspecified atom stereocenters. The van der Waals surface area contributed by atoms with Gasteiger partial charge in [0.05, 0.1) is 6.61 Å². The normalized spacial score (nSPS) is 31.1. The van der Waals surface area contributed by atoms with E-state index < -0.39 is 0 Å². The van der Waals surface area contributed by atoms with Gasteiger partial charge in [-0.1, -0.05) is 6.92 Å². The molecule has 3 fully saturated rings. The number of ether oxygens (including phenoxy) is 1. The summed E-state index contributed by atoms with van der Waals surface area (Å²) in [5, 5.41) is 3.47. The van der Waals surface area contributed by atoms with Crippen molar-refractivity contribution in [1.82, 2.24) is 10.2 Å². The third-order valence-electron chi connectivity index (χ3n) is 5.42. The number of rotatable bonds is 6. The van der Waals surface area contributed by atoms with E-state index in [1.807, 2.05) is 0 Å². The molecule has 0 aromatic rings. The van der Waals surface area contributed by atoms with Crippen molar-refractivity contribution >= 4 is 5.91 Å². The van der Waals surface area contributed by atoms with Gasteiger partial charge < -0.3 is 15.0 Å². The molecular formula is C17H30N2O2. The monoisotopic (exact) mass is 294 g/mol. The number of nitrogens with one attached hydrogen (secondary N) is 1. The summed E-state index contributed by atoms with van der Waals surface area (Å²) in [4.78, 5) is 14.9. The van der Waals surface area contributed by atoms with Gasteiger partial charge in [0.25, 0.3) is 0 Å². The van der Waals surface area contributed by atoms with Crippen molar-refractivity contribution in [3.05, 3.63) is 0 Å². The first-order chi connectivity index (χ1) is 10.2. The zero-order chi connectivity index (χ0) is 14.7. The molecule has 2 heterocycles. The van der Waals surface area contributed by atoms with E-state index in [1.54, 1.807) is 0 Å². The molecule has 0 aromatic carbocycles. The van der Waals surface area contributed by atoms with Gasteiger partial charge >= 0.3 is 0 Å². The molecule has 4 nitrogen and oxygen atoms in total. The lowest BCUT2D eigenvalue weighted by molar-refractivity contribution is -0.133. The Morgan fingerprint density at radius 3 is 2.81 bits per heavy atom. The minimum absolute atomic E-state index is 0.391. The third kappa shape index (κ3) is 4.19. The number of amides is 1. The molecule has 2 saturated heterocycles. The number of hydrogen-bond acceptors (Lipinski definition) is 3. The van der Waals surface area contributed by atoms with Crippen LogP contribution in [-0.4, -0.2) is 49.7 Å². The lowest BCUT2D eigenvalue weighted by Gasteiger charge is -2.31. The number of nitrogens with zero attached hydrogens (tertiary/aromatic N) is 1. The molecular weight excluding hydrogens is 264 g/mol. The summed E-state index contributed by atoms with van der Waals surface area (Å²) < 4.78 is 5.47. The van der Waals surface area contributed by atoms with Gasteiger partial charge in [-0.25, -0.2) is 0 Å². The van der Waals surface area contributed by atoms with Gasteiger partial charge in [-0.15, -0.1) is 0 Å². The van der Waals surface area contributed by atoms with Crippen molar-refractivity contribution in [2.45, 2.75) is 51.5 Å². The fraction of sp³-hybridized carbons (Fsp3) is 0.941. The largest absolute Gasteiger partial charge is 0.381 e. The van der Waals surface area contributed by atoms with Crippen LogP contribution in [0.2, 0.25) is 0 Å². The molecule has 0 radical (unpaired) electrons. The van der Waals surface area contributed by atoms with Gasteiger partial charge in [-0.3, -0.25) is 4.79 Å². The average Bonchev–Trinajstić information content (AvgIpc) is 3.21. The Hall–Kier alpha value is -0.610. The predicted octanol–water partition coefficient (Wildman–Crippen LogP) is 2.04. The molecule has 21 heavy (non-hydrogen) atoms. The first-order valence-electron chi connectivity index (χ1n) is 8.82. The third-order valence-corrected chi connectivity index (χ3v) is 5.42. The highest BCUT2D eigenvalue weighted by Crippen LogP contribution is 2.31. The van der Waals surface area contributed by atoms with Crippen molar-refractivity contribution in [3.63, 3.8) is 0 Å². The Morgan fingerprint density at radius 1 is 1.33 bits per heavy atom. The second-order valence-corrected chi connectivity index (χ2v) is 7.29. The summed E-state index contributed by atoms with van der Waals surface area (Å²) >= 11 is 0. The SMILES string of the molecule is CC(CC(=O)N(CC1CCOC1)C1CC1)C1CCCNC1. The van der Waals surface area contributed by atoms with E-state index in [0.717, 1.165) is 45.7 Å². The first kappa shape index (κ1) is 15.3. The van der Waals surface area contributed by atoms with Crippen LogP contribution >= 0.6 is 0 Å². The maximum Gasteiger partial charge on any atom is 0.223 e. The van der Waals surface area contributed by atoms with E-state index in [4.69, 9.17) is 4.74 Å². The van der Waals surface area contributed by atoms with Crippen molar-refractivity contribution in [3.8, 4) is 0 Å². The molecule has 0 spiro atoms. The van der Waals surface area contributed by atoms with E-state index in [2.05, 4.69) is 17.1 Å². The van der Waals surface area contributed by atoms with Crippen molar-refractivity contribution in [2.24, 2.45) is 17.8 Å². The Balaban J connectivity index is 1.50. The van der Waals surface area contributed by atoms with Gasteiger partial charge in [-0.05, 0) is 57.0 Å². The smallest absolute Gasteiger partial charge is 0.223 e. The maximum absolute atomic E-state index is 12.7. The average molecular weight is 294 g/mol. The maximum atomic E-state index is 12.7. The van der Waals surface area contributed by atoms with Crippen LogP contribution < -0.4 is 5.32 Å². The molecule has 1 aliphatic carbocycles. The second kappa shape index (κ2) is 7.10. The highest BCUT2D eigenvalue weighted by Gasteiger charge is 2.35. The number of carbonyl (C=O) groups is 1. The van der Waals surface area contributed by atoms with E-state index in [1.165, 1.54) is 25.7 Å². The lowest BCUT2D eigenvalue weighted by atomic mass is 9.85. The molecule has 120 valence electrons. The van der Waals surface area contributed by atoms with E-state index >= 15 is 0 Å². The van der Waals surface area contributed by atoms with Gasteiger partial charge in [0, 0.05) is 31.5 Å². The topological polar surface area (TPSA) is 41.6 Å². The summed E-state index contributed by atoms with van der Waals surface area (Å²) in [6.07, 6.45) is 6.81. The molecule has 2 aliphatic heterocycles. The Kier molecular flexibility index (Phi) is 5.17. The highest BCUT2D eigenvalue weighted by atomic mass is 16.5. The van der Waals surface area contributed by atoms with E-state index in [0.29, 0.717) is 29.7 Å². The molecule has 0 bridgehead atoms. The minimum Gasteiger partial charge on any atom is -0.381 e. The van der Waals surface area contributed by atoms with Gasteiger partial charge in [0.15, 0.2) is 0 Å².